The number of amides is 1. The summed E-state index contributed by atoms with van der Waals surface area (Å²) in [6, 6.07) is 1.93. The number of nitrogens with zero attached hydrogens (tertiary/aromatic N) is 1. The summed E-state index contributed by atoms with van der Waals surface area (Å²) in [6.45, 7) is 1.78. The first-order valence-corrected chi connectivity index (χ1v) is 8.10. The van der Waals surface area contributed by atoms with E-state index in [9.17, 15) is 4.79 Å². The lowest BCUT2D eigenvalue weighted by Crippen LogP contribution is -2.38. The molecule has 1 saturated heterocycles. The molecule has 16 heavy (non-hydrogen) atoms. The Bertz CT molecular complexity index is 372. The molecule has 1 amide bonds. The molecule has 0 saturated carbocycles. The first-order valence-electron chi connectivity index (χ1n) is 5.30. The Morgan fingerprint density at radius 3 is 2.69 bits per heavy atom. The molecule has 1 aromatic rings. The highest BCUT2D eigenvalue weighted by Gasteiger charge is 2.24. The van der Waals surface area contributed by atoms with Crippen LogP contribution in [0.4, 0.5) is 0 Å². The number of carbonyl (C=O) groups is 1. The number of thiophene rings is 1. The highest BCUT2D eigenvalue weighted by Crippen LogP contribution is 2.26. The third kappa shape index (κ3) is 2.68. The molecule has 0 radical (unpaired) electrons. The van der Waals surface area contributed by atoms with Gasteiger partial charge in [0.2, 0.25) is 0 Å². The van der Waals surface area contributed by atoms with Crippen molar-refractivity contribution in [3.8, 4) is 0 Å². The van der Waals surface area contributed by atoms with Crippen LogP contribution in [0.2, 0.25) is 0 Å². The SMILES string of the molecule is O=C(c1sccc1Br)N1CCC(CBr)CC1. The van der Waals surface area contributed by atoms with E-state index in [-0.39, 0.29) is 5.91 Å². The Hall–Kier alpha value is 0.130. The fourth-order valence-corrected chi connectivity index (χ4v) is 4.04. The van der Waals surface area contributed by atoms with E-state index in [4.69, 9.17) is 0 Å². The van der Waals surface area contributed by atoms with Crippen molar-refractivity contribution >= 4 is 49.1 Å². The molecular weight excluding hydrogens is 354 g/mol. The van der Waals surface area contributed by atoms with E-state index < -0.39 is 0 Å². The van der Waals surface area contributed by atoms with Crippen molar-refractivity contribution in [1.82, 2.24) is 4.90 Å². The number of likely N-dealkylation sites (tertiary alicyclic amines) is 1. The first kappa shape index (κ1) is 12.6. The number of hydrogen-bond acceptors (Lipinski definition) is 2. The number of halogens is 2. The minimum atomic E-state index is 0.176. The Morgan fingerprint density at radius 2 is 2.19 bits per heavy atom. The lowest BCUT2D eigenvalue weighted by atomic mass is 9.99. The number of alkyl halides is 1. The van der Waals surface area contributed by atoms with Crippen LogP contribution in [0.1, 0.15) is 22.5 Å². The van der Waals surface area contributed by atoms with Crippen LogP contribution < -0.4 is 0 Å². The summed E-state index contributed by atoms with van der Waals surface area (Å²) in [5, 5.41) is 3.00. The zero-order valence-electron chi connectivity index (χ0n) is 8.79. The van der Waals surface area contributed by atoms with Crippen LogP contribution in [0.5, 0.6) is 0 Å². The van der Waals surface area contributed by atoms with Gasteiger partial charge in [-0.05, 0) is 46.1 Å². The smallest absolute Gasteiger partial charge is 0.265 e. The maximum Gasteiger partial charge on any atom is 0.265 e. The summed E-state index contributed by atoms with van der Waals surface area (Å²) in [4.78, 5) is 15.0. The Morgan fingerprint density at radius 1 is 1.50 bits per heavy atom. The molecule has 1 aromatic heterocycles. The molecule has 2 nitrogen and oxygen atoms in total. The van der Waals surface area contributed by atoms with E-state index in [0.717, 1.165) is 46.5 Å². The van der Waals surface area contributed by atoms with E-state index in [0.29, 0.717) is 0 Å². The molecule has 0 N–H and O–H groups in total. The maximum absolute atomic E-state index is 12.2. The molecule has 1 aliphatic rings. The molecule has 0 aliphatic carbocycles. The van der Waals surface area contributed by atoms with Crippen molar-refractivity contribution < 1.29 is 4.79 Å². The molecule has 0 atom stereocenters. The number of hydrogen-bond donors (Lipinski definition) is 0. The zero-order chi connectivity index (χ0) is 11.5. The molecule has 2 heterocycles. The van der Waals surface area contributed by atoms with E-state index in [2.05, 4.69) is 31.9 Å². The predicted molar refractivity (Wildman–Crippen MR) is 74.4 cm³/mol. The average molecular weight is 367 g/mol. The van der Waals surface area contributed by atoms with Crippen LogP contribution in [0.25, 0.3) is 0 Å². The van der Waals surface area contributed by atoms with Gasteiger partial charge in [0, 0.05) is 22.9 Å². The van der Waals surface area contributed by atoms with Crippen LogP contribution in [-0.4, -0.2) is 29.2 Å². The fraction of sp³-hybridized carbons (Fsp3) is 0.545. The normalized spacial score (nSPS) is 17.8. The molecule has 5 heteroatoms. The van der Waals surface area contributed by atoms with Gasteiger partial charge in [0.15, 0.2) is 0 Å². The van der Waals surface area contributed by atoms with Crippen molar-refractivity contribution in [3.05, 3.63) is 20.8 Å². The van der Waals surface area contributed by atoms with E-state index >= 15 is 0 Å². The van der Waals surface area contributed by atoms with Crippen LogP contribution in [-0.2, 0) is 0 Å². The van der Waals surface area contributed by atoms with Gasteiger partial charge in [-0.25, -0.2) is 0 Å². The van der Waals surface area contributed by atoms with E-state index in [1.54, 1.807) is 0 Å². The summed E-state index contributed by atoms with van der Waals surface area (Å²) < 4.78 is 0.921. The molecule has 1 aliphatic heterocycles. The van der Waals surface area contributed by atoms with Crippen LogP contribution in [0.3, 0.4) is 0 Å². The highest BCUT2D eigenvalue weighted by atomic mass is 79.9. The minimum Gasteiger partial charge on any atom is -0.338 e. The van der Waals surface area contributed by atoms with Crippen molar-refractivity contribution in [2.75, 3.05) is 18.4 Å². The summed E-state index contributed by atoms with van der Waals surface area (Å²) in [5.74, 6) is 0.908. The molecular formula is C11H13Br2NOS. The highest BCUT2D eigenvalue weighted by molar-refractivity contribution is 9.10. The zero-order valence-corrected chi connectivity index (χ0v) is 12.8. The predicted octanol–water partition coefficient (Wildman–Crippen LogP) is 3.76. The van der Waals surface area contributed by atoms with Crippen molar-refractivity contribution in [2.45, 2.75) is 12.8 Å². The van der Waals surface area contributed by atoms with Crippen LogP contribution >= 0.6 is 43.2 Å². The maximum atomic E-state index is 12.2. The van der Waals surface area contributed by atoms with Crippen molar-refractivity contribution in [3.63, 3.8) is 0 Å². The van der Waals surface area contributed by atoms with Gasteiger partial charge in [0.05, 0.1) is 0 Å². The topological polar surface area (TPSA) is 20.3 Å². The third-order valence-corrected chi connectivity index (χ3v) is 5.67. The van der Waals surface area contributed by atoms with Crippen LogP contribution in [0.15, 0.2) is 15.9 Å². The van der Waals surface area contributed by atoms with Gasteiger partial charge in [-0.2, -0.15) is 0 Å². The standard InChI is InChI=1S/C11H13Br2NOS/c12-7-8-1-4-14(5-2-8)11(15)10-9(13)3-6-16-10/h3,6,8H,1-2,4-5,7H2. The van der Waals surface area contributed by atoms with Gasteiger partial charge in [0.25, 0.3) is 5.91 Å². The Labute approximate surface area is 116 Å². The number of piperidine rings is 1. The first-order chi connectivity index (χ1) is 7.72. The largest absolute Gasteiger partial charge is 0.338 e. The second-order valence-electron chi connectivity index (χ2n) is 3.99. The Balaban J connectivity index is 2.00. The molecule has 2 rings (SSSR count). The molecule has 0 bridgehead atoms. The van der Waals surface area contributed by atoms with Gasteiger partial charge in [-0.3, -0.25) is 4.79 Å². The summed E-state index contributed by atoms with van der Waals surface area (Å²) in [6.07, 6.45) is 2.22. The second-order valence-corrected chi connectivity index (χ2v) is 6.41. The molecule has 0 aromatic carbocycles. The second kappa shape index (κ2) is 5.65. The lowest BCUT2D eigenvalue weighted by molar-refractivity contribution is 0.0703. The Kier molecular flexibility index (Phi) is 4.44. The van der Waals surface area contributed by atoms with E-state index in [1.807, 2.05) is 16.3 Å². The molecule has 0 spiro atoms. The molecule has 1 fully saturated rings. The van der Waals surface area contributed by atoms with Gasteiger partial charge in [-0.15, -0.1) is 11.3 Å². The van der Waals surface area contributed by atoms with Crippen LogP contribution in [0, 0.1) is 5.92 Å². The summed E-state index contributed by atoms with van der Waals surface area (Å²) in [7, 11) is 0. The van der Waals surface area contributed by atoms with Gasteiger partial charge in [0.1, 0.15) is 4.88 Å². The average Bonchev–Trinajstić information content (AvgIpc) is 2.75. The molecule has 88 valence electrons. The third-order valence-electron chi connectivity index (χ3n) is 2.93. The van der Waals surface area contributed by atoms with E-state index in [1.165, 1.54) is 11.3 Å². The number of carbonyl (C=O) groups excluding carboxylic acids is 1. The monoisotopic (exact) mass is 365 g/mol. The van der Waals surface area contributed by atoms with Gasteiger partial charge >= 0.3 is 0 Å². The molecule has 0 unspecified atom stereocenters. The summed E-state index contributed by atoms with van der Waals surface area (Å²) in [5.41, 5.74) is 0. The van der Waals surface area contributed by atoms with Crippen molar-refractivity contribution in [2.24, 2.45) is 5.92 Å². The quantitative estimate of drug-likeness (QED) is 0.730. The van der Waals surface area contributed by atoms with Gasteiger partial charge < -0.3 is 4.90 Å². The fourth-order valence-electron chi connectivity index (χ4n) is 1.88. The minimum absolute atomic E-state index is 0.176. The lowest BCUT2D eigenvalue weighted by Gasteiger charge is -2.31. The summed E-state index contributed by atoms with van der Waals surface area (Å²) >= 11 is 8.43. The van der Waals surface area contributed by atoms with Crippen molar-refractivity contribution in [1.29, 1.82) is 0 Å². The number of rotatable bonds is 2. The van der Waals surface area contributed by atoms with Gasteiger partial charge in [-0.1, -0.05) is 15.9 Å².